The normalized spacial score (nSPS) is 10.6. The number of halogens is 2. The maximum Gasteiger partial charge on any atom is 0.274 e. The van der Waals surface area contributed by atoms with Gasteiger partial charge < -0.3 is 15.5 Å². The van der Waals surface area contributed by atoms with Gasteiger partial charge in [0.1, 0.15) is 5.69 Å². The molecule has 0 radical (unpaired) electrons. The number of carbonyl (C=O) groups is 2. The molecular formula is C17H18Cl2N4O2. The first-order chi connectivity index (χ1) is 11.9. The van der Waals surface area contributed by atoms with Gasteiger partial charge in [0, 0.05) is 29.9 Å². The van der Waals surface area contributed by atoms with E-state index in [1.54, 1.807) is 18.2 Å². The van der Waals surface area contributed by atoms with Crippen LogP contribution in [0.1, 0.15) is 20.8 Å². The van der Waals surface area contributed by atoms with E-state index in [4.69, 9.17) is 23.2 Å². The van der Waals surface area contributed by atoms with Crippen LogP contribution in [0.2, 0.25) is 10.0 Å². The predicted molar refractivity (Wildman–Crippen MR) is 99.5 cm³/mol. The van der Waals surface area contributed by atoms with Gasteiger partial charge in [-0.05, 0) is 44.4 Å². The lowest BCUT2D eigenvalue weighted by molar-refractivity contribution is 0.0951. The fourth-order valence-electron chi connectivity index (χ4n) is 1.97. The Balaban J connectivity index is 2.06. The van der Waals surface area contributed by atoms with Crippen LogP contribution < -0.4 is 10.6 Å². The Morgan fingerprint density at radius 1 is 1.12 bits per heavy atom. The van der Waals surface area contributed by atoms with Crippen molar-refractivity contribution >= 4 is 40.7 Å². The SMILES string of the molecule is CN(C)CCNC(=O)c1ccnc(C(=O)Nc2ccc(Cl)cc2Cl)c1. The molecule has 0 aliphatic carbocycles. The van der Waals surface area contributed by atoms with Crippen LogP contribution in [0.3, 0.4) is 0 Å². The van der Waals surface area contributed by atoms with Crippen LogP contribution in [0, 0.1) is 0 Å². The fraction of sp³-hybridized carbons (Fsp3) is 0.235. The van der Waals surface area contributed by atoms with E-state index in [1.165, 1.54) is 18.3 Å². The summed E-state index contributed by atoms with van der Waals surface area (Å²) < 4.78 is 0. The molecule has 0 unspecified atom stereocenters. The van der Waals surface area contributed by atoms with Crippen LogP contribution in [0.25, 0.3) is 0 Å². The lowest BCUT2D eigenvalue weighted by Gasteiger charge is -2.11. The van der Waals surface area contributed by atoms with E-state index >= 15 is 0 Å². The van der Waals surface area contributed by atoms with E-state index < -0.39 is 5.91 Å². The van der Waals surface area contributed by atoms with Crippen molar-refractivity contribution in [3.8, 4) is 0 Å². The lowest BCUT2D eigenvalue weighted by Crippen LogP contribution is -2.31. The molecule has 0 bridgehead atoms. The van der Waals surface area contributed by atoms with Crippen LogP contribution in [0.5, 0.6) is 0 Å². The topological polar surface area (TPSA) is 74.3 Å². The Kier molecular flexibility index (Phi) is 6.75. The summed E-state index contributed by atoms with van der Waals surface area (Å²) in [5.74, 6) is -0.727. The number of rotatable bonds is 6. The summed E-state index contributed by atoms with van der Waals surface area (Å²) in [6.07, 6.45) is 1.42. The first-order valence-corrected chi connectivity index (χ1v) is 8.28. The zero-order chi connectivity index (χ0) is 18.4. The highest BCUT2D eigenvalue weighted by Crippen LogP contribution is 2.25. The quantitative estimate of drug-likeness (QED) is 0.807. The van der Waals surface area contributed by atoms with Gasteiger partial charge in [0.25, 0.3) is 11.8 Å². The second kappa shape index (κ2) is 8.80. The van der Waals surface area contributed by atoms with E-state index in [-0.39, 0.29) is 11.6 Å². The largest absolute Gasteiger partial charge is 0.351 e. The Bertz CT molecular complexity index is 781. The van der Waals surface area contributed by atoms with Crippen molar-refractivity contribution < 1.29 is 9.59 Å². The zero-order valence-electron chi connectivity index (χ0n) is 13.8. The van der Waals surface area contributed by atoms with Gasteiger partial charge in [-0.3, -0.25) is 14.6 Å². The summed E-state index contributed by atoms with van der Waals surface area (Å²) >= 11 is 11.9. The maximum absolute atomic E-state index is 12.3. The Morgan fingerprint density at radius 2 is 1.88 bits per heavy atom. The lowest BCUT2D eigenvalue weighted by atomic mass is 10.2. The molecule has 8 heteroatoms. The summed E-state index contributed by atoms with van der Waals surface area (Å²) in [5, 5.41) is 6.22. The monoisotopic (exact) mass is 380 g/mol. The summed E-state index contributed by atoms with van der Waals surface area (Å²) in [5.41, 5.74) is 0.895. The summed E-state index contributed by atoms with van der Waals surface area (Å²) in [6.45, 7) is 1.23. The molecule has 2 rings (SSSR count). The Labute approximate surface area is 156 Å². The molecule has 0 spiro atoms. The van der Waals surface area contributed by atoms with Crippen molar-refractivity contribution in [2.24, 2.45) is 0 Å². The minimum Gasteiger partial charge on any atom is -0.351 e. The van der Waals surface area contributed by atoms with E-state index in [2.05, 4.69) is 15.6 Å². The number of benzene rings is 1. The number of carbonyl (C=O) groups excluding carboxylic acids is 2. The van der Waals surface area contributed by atoms with Crippen LogP contribution >= 0.6 is 23.2 Å². The number of nitrogens with zero attached hydrogens (tertiary/aromatic N) is 2. The minimum absolute atomic E-state index is 0.117. The number of amides is 2. The molecule has 1 aromatic heterocycles. The molecule has 2 amide bonds. The highest BCUT2D eigenvalue weighted by atomic mass is 35.5. The standard InChI is InChI=1S/C17H18Cl2N4O2/c1-23(2)8-7-21-16(24)11-5-6-20-15(9-11)17(25)22-14-4-3-12(18)10-13(14)19/h3-6,9-10H,7-8H2,1-2H3,(H,21,24)(H,22,25). The van der Waals surface area contributed by atoms with Crippen molar-refractivity contribution in [3.05, 3.63) is 57.8 Å². The van der Waals surface area contributed by atoms with Crippen molar-refractivity contribution in [3.63, 3.8) is 0 Å². The first-order valence-electron chi connectivity index (χ1n) is 7.52. The molecule has 0 saturated carbocycles. The highest BCUT2D eigenvalue weighted by Gasteiger charge is 2.13. The van der Waals surface area contributed by atoms with Crippen LogP contribution in [-0.4, -0.2) is 48.9 Å². The van der Waals surface area contributed by atoms with E-state index in [0.717, 1.165) is 6.54 Å². The molecule has 0 aliphatic heterocycles. The van der Waals surface area contributed by atoms with Gasteiger partial charge in [0.15, 0.2) is 0 Å². The summed E-state index contributed by atoms with van der Waals surface area (Å²) in [7, 11) is 3.84. The van der Waals surface area contributed by atoms with Crippen LogP contribution in [0.4, 0.5) is 5.69 Å². The summed E-state index contributed by atoms with van der Waals surface area (Å²) in [6, 6.07) is 7.73. The van der Waals surface area contributed by atoms with Gasteiger partial charge in [0.2, 0.25) is 0 Å². The second-order valence-electron chi connectivity index (χ2n) is 5.57. The number of pyridine rings is 1. The molecule has 25 heavy (non-hydrogen) atoms. The molecule has 0 saturated heterocycles. The highest BCUT2D eigenvalue weighted by molar-refractivity contribution is 6.36. The number of hydrogen-bond acceptors (Lipinski definition) is 4. The molecular weight excluding hydrogens is 363 g/mol. The average Bonchev–Trinajstić information content (AvgIpc) is 2.57. The molecule has 1 aromatic carbocycles. The van der Waals surface area contributed by atoms with Crippen molar-refractivity contribution in [2.75, 3.05) is 32.5 Å². The number of anilines is 1. The third-order valence-corrected chi connectivity index (χ3v) is 3.83. The van der Waals surface area contributed by atoms with Gasteiger partial charge in [-0.2, -0.15) is 0 Å². The van der Waals surface area contributed by atoms with Gasteiger partial charge in [-0.1, -0.05) is 23.2 Å². The summed E-state index contributed by atoms with van der Waals surface area (Å²) in [4.78, 5) is 30.4. The van der Waals surface area contributed by atoms with Crippen molar-refractivity contribution in [2.45, 2.75) is 0 Å². The zero-order valence-corrected chi connectivity index (χ0v) is 15.4. The van der Waals surface area contributed by atoms with E-state index in [1.807, 2.05) is 19.0 Å². The van der Waals surface area contributed by atoms with Crippen LogP contribution in [-0.2, 0) is 0 Å². The third-order valence-electron chi connectivity index (χ3n) is 3.28. The molecule has 132 valence electrons. The number of likely N-dealkylation sites (N-methyl/N-ethyl adjacent to an activating group) is 1. The molecule has 0 atom stereocenters. The fourth-order valence-corrected chi connectivity index (χ4v) is 2.42. The average molecular weight is 381 g/mol. The molecule has 6 nitrogen and oxygen atoms in total. The molecule has 0 aliphatic rings. The molecule has 2 N–H and O–H groups in total. The maximum atomic E-state index is 12.3. The van der Waals surface area contributed by atoms with Crippen molar-refractivity contribution in [1.82, 2.24) is 15.2 Å². The molecule has 2 aromatic rings. The van der Waals surface area contributed by atoms with E-state index in [0.29, 0.717) is 27.8 Å². The van der Waals surface area contributed by atoms with Crippen LogP contribution in [0.15, 0.2) is 36.5 Å². The van der Waals surface area contributed by atoms with Gasteiger partial charge in [-0.15, -0.1) is 0 Å². The number of aromatic nitrogens is 1. The minimum atomic E-state index is -0.466. The Hall–Kier alpha value is -2.15. The van der Waals surface area contributed by atoms with Crippen molar-refractivity contribution in [1.29, 1.82) is 0 Å². The van der Waals surface area contributed by atoms with Gasteiger partial charge in [0.05, 0.1) is 10.7 Å². The van der Waals surface area contributed by atoms with Gasteiger partial charge >= 0.3 is 0 Å². The Morgan fingerprint density at radius 3 is 2.56 bits per heavy atom. The van der Waals surface area contributed by atoms with E-state index in [9.17, 15) is 9.59 Å². The molecule has 0 fully saturated rings. The number of hydrogen-bond donors (Lipinski definition) is 2. The van der Waals surface area contributed by atoms with Gasteiger partial charge in [-0.25, -0.2) is 0 Å². The number of nitrogens with one attached hydrogen (secondary N) is 2. The first kappa shape index (κ1) is 19.2. The second-order valence-corrected chi connectivity index (χ2v) is 6.41. The predicted octanol–water partition coefficient (Wildman–Crippen LogP) is 2.93. The molecule has 1 heterocycles. The smallest absolute Gasteiger partial charge is 0.274 e. The third kappa shape index (κ3) is 5.70.